The van der Waals surface area contributed by atoms with Crippen LogP contribution in [0.25, 0.3) is 22.0 Å². The summed E-state index contributed by atoms with van der Waals surface area (Å²) < 4.78 is 0. The lowest BCUT2D eigenvalue weighted by Crippen LogP contribution is -1.98. The maximum atomic E-state index is 11.1. The molecule has 4 rings (SSSR count). The topological polar surface area (TPSA) is 58.9 Å². The number of H-pyrrole nitrogens is 1. The van der Waals surface area contributed by atoms with Crippen LogP contribution in [0.5, 0.6) is 0 Å². The van der Waals surface area contributed by atoms with E-state index in [1.54, 1.807) is 12.1 Å². The van der Waals surface area contributed by atoms with Gasteiger partial charge in [0.1, 0.15) is 0 Å². The number of benzene rings is 2. The normalized spacial score (nSPS) is 14.0. The summed E-state index contributed by atoms with van der Waals surface area (Å²) in [7, 11) is 0. The van der Waals surface area contributed by atoms with E-state index < -0.39 is 0 Å². The molecule has 1 N–H and O–H groups in total. The smallest absolute Gasteiger partial charge is 0.270 e. The van der Waals surface area contributed by atoms with Gasteiger partial charge in [-0.1, -0.05) is 24.3 Å². The molecule has 0 saturated heterocycles. The van der Waals surface area contributed by atoms with Gasteiger partial charge in [-0.25, -0.2) is 0 Å². The Balaban J connectivity index is 2.05. The van der Waals surface area contributed by atoms with Gasteiger partial charge in [0.15, 0.2) is 0 Å². The highest BCUT2D eigenvalue weighted by molar-refractivity contribution is 5.99. The van der Waals surface area contributed by atoms with Crippen molar-refractivity contribution in [3.63, 3.8) is 0 Å². The van der Waals surface area contributed by atoms with Crippen molar-refractivity contribution >= 4 is 16.6 Å². The summed E-state index contributed by atoms with van der Waals surface area (Å²) in [5.41, 5.74) is 6.01. The zero-order valence-corrected chi connectivity index (χ0v) is 12.1. The van der Waals surface area contributed by atoms with Crippen LogP contribution in [0.2, 0.25) is 0 Å². The predicted octanol–water partition coefficient (Wildman–Crippen LogP) is 4.62. The maximum Gasteiger partial charge on any atom is 0.270 e. The number of fused-ring (bicyclic) bond motifs is 5. The third-order valence-corrected chi connectivity index (χ3v) is 4.48. The second-order valence-electron chi connectivity index (χ2n) is 5.83. The summed E-state index contributed by atoms with van der Waals surface area (Å²) in [4.78, 5) is 14.2. The van der Waals surface area contributed by atoms with Crippen LogP contribution < -0.4 is 0 Å². The minimum absolute atomic E-state index is 0.147. The molecule has 3 aromatic rings. The fourth-order valence-corrected chi connectivity index (χ4v) is 3.44. The van der Waals surface area contributed by atoms with Crippen LogP contribution >= 0.6 is 0 Å². The second-order valence-corrected chi connectivity index (χ2v) is 5.83. The van der Waals surface area contributed by atoms with Gasteiger partial charge < -0.3 is 4.98 Å². The molecule has 22 heavy (non-hydrogen) atoms. The standard InChI is InChI=1S/C18H16N2O2/c21-20(22)13-9-10-16-15(11-13)18-14-7-3-1-5-12(14)6-2-4-8-17(18)19-16/h1,3,5,7,9-11,19H,2,4,6,8H2. The van der Waals surface area contributed by atoms with Gasteiger partial charge in [-0.05, 0) is 42.9 Å². The van der Waals surface area contributed by atoms with Crippen molar-refractivity contribution in [1.82, 2.24) is 4.98 Å². The number of rotatable bonds is 1. The van der Waals surface area contributed by atoms with E-state index in [0.717, 1.165) is 35.7 Å². The second kappa shape index (κ2) is 4.98. The van der Waals surface area contributed by atoms with E-state index >= 15 is 0 Å². The molecule has 1 aromatic heterocycles. The largest absolute Gasteiger partial charge is 0.358 e. The highest BCUT2D eigenvalue weighted by Crippen LogP contribution is 2.38. The van der Waals surface area contributed by atoms with E-state index in [0.29, 0.717) is 0 Å². The molecule has 1 aliphatic carbocycles. The zero-order valence-electron chi connectivity index (χ0n) is 12.1. The fraction of sp³-hybridized carbons (Fsp3) is 0.222. The Labute approximate surface area is 127 Å². The molecule has 0 aliphatic heterocycles. The predicted molar refractivity (Wildman–Crippen MR) is 87.0 cm³/mol. The van der Waals surface area contributed by atoms with Crippen molar-refractivity contribution in [2.75, 3.05) is 0 Å². The molecule has 0 unspecified atom stereocenters. The minimum atomic E-state index is -0.326. The van der Waals surface area contributed by atoms with E-state index in [2.05, 4.69) is 23.2 Å². The molecule has 0 fully saturated rings. The molecule has 2 aromatic carbocycles. The molecule has 1 aliphatic rings. The number of nitrogens with one attached hydrogen (secondary N) is 1. The van der Waals surface area contributed by atoms with Gasteiger partial charge in [0.2, 0.25) is 0 Å². The van der Waals surface area contributed by atoms with Crippen LogP contribution in [0.4, 0.5) is 5.69 Å². The zero-order chi connectivity index (χ0) is 15.1. The monoisotopic (exact) mass is 292 g/mol. The quantitative estimate of drug-likeness (QED) is 0.525. The number of hydrogen-bond acceptors (Lipinski definition) is 2. The molecule has 0 bridgehead atoms. The van der Waals surface area contributed by atoms with Gasteiger partial charge in [0.25, 0.3) is 5.69 Å². The first-order chi connectivity index (χ1) is 10.7. The van der Waals surface area contributed by atoms with E-state index in [-0.39, 0.29) is 10.6 Å². The number of aromatic nitrogens is 1. The van der Waals surface area contributed by atoms with E-state index in [1.165, 1.54) is 23.2 Å². The molecule has 4 heteroatoms. The summed E-state index contributed by atoms with van der Waals surface area (Å²) in [6.45, 7) is 0. The summed E-state index contributed by atoms with van der Waals surface area (Å²) in [5.74, 6) is 0. The summed E-state index contributed by atoms with van der Waals surface area (Å²) >= 11 is 0. The van der Waals surface area contributed by atoms with Gasteiger partial charge in [0, 0.05) is 34.3 Å². The van der Waals surface area contributed by atoms with Gasteiger partial charge in [0.05, 0.1) is 4.92 Å². The van der Waals surface area contributed by atoms with E-state index in [9.17, 15) is 10.1 Å². The Hall–Kier alpha value is -2.62. The first-order valence-corrected chi connectivity index (χ1v) is 7.61. The number of nitro groups is 1. The van der Waals surface area contributed by atoms with Crippen molar-refractivity contribution < 1.29 is 4.92 Å². The lowest BCUT2D eigenvalue weighted by molar-refractivity contribution is -0.384. The highest BCUT2D eigenvalue weighted by Gasteiger charge is 2.19. The van der Waals surface area contributed by atoms with Gasteiger partial charge >= 0.3 is 0 Å². The van der Waals surface area contributed by atoms with Crippen LogP contribution in [0.1, 0.15) is 24.1 Å². The molecule has 0 atom stereocenters. The average Bonchev–Trinajstić information content (AvgIpc) is 2.86. The van der Waals surface area contributed by atoms with E-state index in [1.807, 2.05) is 12.1 Å². The highest BCUT2D eigenvalue weighted by atomic mass is 16.6. The van der Waals surface area contributed by atoms with Gasteiger partial charge in [-0.15, -0.1) is 0 Å². The number of aryl methyl sites for hydroxylation is 2. The van der Waals surface area contributed by atoms with Crippen LogP contribution in [0.3, 0.4) is 0 Å². The summed E-state index contributed by atoms with van der Waals surface area (Å²) in [5, 5.41) is 12.1. The van der Waals surface area contributed by atoms with Crippen molar-refractivity contribution in [3.05, 3.63) is 63.8 Å². The number of hydrogen-bond donors (Lipinski definition) is 1. The van der Waals surface area contributed by atoms with Crippen molar-refractivity contribution in [2.45, 2.75) is 25.7 Å². The third kappa shape index (κ3) is 1.99. The lowest BCUT2D eigenvalue weighted by atomic mass is 9.90. The molecule has 1 heterocycles. The Morgan fingerprint density at radius 3 is 2.73 bits per heavy atom. The van der Waals surface area contributed by atoms with Crippen LogP contribution in [0.15, 0.2) is 42.5 Å². The van der Waals surface area contributed by atoms with Gasteiger partial charge in [-0.2, -0.15) is 0 Å². The molecule has 0 amide bonds. The third-order valence-electron chi connectivity index (χ3n) is 4.48. The number of aromatic amines is 1. The van der Waals surface area contributed by atoms with Gasteiger partial charge in [-0.3, -0.25) is 10.1 Å². The molecule has 0 spiro atoms. The fourth-order valence-electron chi connectivity index (χ4n) is 3.44. The van der Waals surface area contributed by atoms with Crippen molar-refractivity contribution in [2.24, 2.45) is 0 Å². The molecular weight excluding hydrogens is 276 g/mol. The first-order valence-electron chi connectivity index (χ1n) is 7.61. The summed E-state index contributed by atoms with van der Waals surface area (Å²) in [6.07, 6.45) is 4.37. The molecular formula is C18H16N2O2. The van der Waals surface area contributed by atoms with Crippen molar-refractivity contribution in [3.8, 4) is 11.1 Å². The van der Waals surface area contributed by atoms with E-state index in [4.69, 9.17) is 0 Å². The average molecular weight is 292 g/mol. The van der Waals surface area contributed by atoms with Crippen LogP contribution in [-0.2, 0) is 12.8 Å². The van der Waals surface area contributed by atoms with Crippen LogP contribution in [-0.4, -0.2) is 9.91 Å². The Morgan fingerprint density at radius 2 is 1.86 bits per heavy atom. The SMILES string of the molecule is O=[N+]([O-])c1ccc2[nH]c3c(c2c1)-c1ccccc1CCCC3. The molecule has 0 saturated carbocycles. The Kier molecular flexibility index (Phi) is 2.96. The summed E-state index contributed by atoms with van der Waals surface area (Å²) in [6, 6.07) is 13.5. The molecule has 4 nitrogen and oxygen atoms in total. The Morgan fingerprint density at radius 1 is 1.05 bits per heavy atom. The van der Waals surface area contributed by atoms with Crippen molar-refractivity contribution in [1.29, 1.82) is 0 Å². The number of non-ortho nitro benzene ring substituents is 1. The lowest BCUT2D eigenvalue weighted by Gasteiger charge is -2.14. The Bertz CT molecular complexity index is 880. The van der Waals surface area contributed by atoms with Crippen LogP contribution in [0, 0.1) is 10.1 Å². The number of nitrogens with zero attached hydrogens (tertiary/aromatic N) is 1. The minimum Gasteiger partial charge on any atom is -0.358 e. The first kappa shape index (κ1) is 13.1. The molecule has 0 radical (unpaired) electrons. The molecule has 110 valence electrons. The maximum absolute atomic E-state index is 11.1. The number of nitro benzene ring substituents is 1.